The first kappa shape index (κ1) is 12.0. The molecule has 0 amide bonds. The highest BCUT2D eigenvalue weighted by Gasteiger charge is 2.12. The minimum Gasteiger partial charge on any atom is -0.478 e. The lowest BCUT2D eigenvalue weighted by Gasteiger charge is -1.98. The fourth-order valence-electron chi connectivity index (χ4n) is 1.36. The van der Waals surface area contributed by atoms with Gasteiger partial charge in [-0.25, -0.2) is 9.18 Å². The summed E-state index contributed by atoms with van der Waals surface area (Å²) in [6, 6.07) is 4.51. The Bertz CT molecular complexity index is 620. The number of carboxylic acid groups (broad SMARTS) is 1. The van der Waals surface area contributed by atoms with Crippen LogP contribution in [0.4, 0.5) is 4.39 Å². The van der Waals surface area contributed by atoms with Crippen LogP contribution >= 0.6 is 0 Å². The van der Waals surface area contributed by atoms with Crippen molar-refractivity contribution < 1.29 is 18.7 Å². The van der Waals surface area contributed by atoms with Gasteiger partial charge in [0.2, 0.25) is 5.89 Å². The molecule has 0 spiro atoms. The number of nitrogens with zero attached hydrogens (tertiary/aromatic N) is 2. The summed E-state index contributed by atoms with van der Waals surface area (Å²) in [4.78, 5) is 10.3. The van der Waals surface area contributed by atoms with Gasteiger partial charge in [0, 0.05) is 12.2 Å². The number of halogens is 1. The molecule has 92 valence electrons. The second kappa shape index (κ2) is 4.79. The first-order valence-electron chi connectivity index (χ1n) is 5.07. The molecule has 0 atom stereocenters. The molecule has 1 N–H and O–H groups in total. The molecule has 0 saturated heterocycles. The second-order valence-corrected chi connectivity index (χ2v) is 3.60. The van der Waals surface area contributed by atoms with Crippen LogP contribution in [0, 0.1) is 12.7 Å². The Hall–Kier alpha value is -2.50. The van der Waals surface area contributed by atoms with E-state index in [-0.39, 0.29) is 17.3 Å². The van der Waals surface area contributed by atoms with Crippen molar-refractivity contribution in [2.45, 2.75) is 6.92 Å². The molecule has 1 heterocycles. The molecular weight excluding hydrogens is 239 g/mol. The zero-order valence-electron chi connectivity index (χ0n) is 9.42. The molecule has 0 radical (unpaired) electrons. The lowest BCUT2D eigenvalue weighted by atomic mass is 10.1. The van der Waals surface area contributed by atoms with Gasteiger partial charge in [-0.2, -0.15) is 0 Å². The quantitative estimate of drug-likeness (QED) is 0.843. The third kappa shape index (κ3) is 2.60. The van der Waals surface area contributed by atoms with Gasteiger partial charge in [0.05, 0.1) is 5.56 Å². The van der Waals surface area contributed by atoms with Crippen molar-refractivity contribution in [3.05, 3.63) is 41.5 Å². The number of aromatic nitrogens is 2. The van der Waals surface area contributed by atoms with Crippen molar-refractivity contribution in [1.82, 2.24) is 10.2 Å². The third-order valence-corrected chi connectivity index (χ3v) is 2.16. The number of hydrogen-bond acceptors (Lipinski definition) is 4. The van der Waals surface area contributed by atoms with Crippen LogP contribution in [0.25, 0.3) is 17.5 Å². The number of aryl methyl sites for hydroxylation is 1. The zero-order valence-corrected chi connectivity index (χ0v) is 9.42. The molecule has 1 aromatic heterocycles. The summed E-state index contributed by atoms with van der Waals surface area (Å²) in [6.07, 6.45) is 2.01. The van der Waals surface area contributed by atoms with Gasteiger partial charge in [-0.05, 0) is 19.1 Å². The summed E-state index contributed by atoms with van der Waals surface area (Å²) in [5.41, 5.74) is 1.05. The minimum atomic E-state index is -1.13. The standard InChI is InChI=1S/C12H9FN2O3/c1-7-2-3-9(13)8(6-7)12-15-14-10(18-12)4-5-11(16)17/h2-6H,1H3,(H,16,17)/b5-4+. The van der Waals surface area contributed by atoms with Gasteiger partial charge < -0.3 is 9.52 Å². The number of hydrogen-bond donors (Lipinski definition) is 1. The van der Waals surface area contributed by atoms with Crippen molar-refractivity contribution in [3.63, 3.8) is 0 Å². The first-order valence-corrected chi connectivity index (χ1v) is 5.07. The van der Waals surface area contributed by atoms with E-state index in [1.54, 1.807) is 12.1 Å². The molecule has 0 aliphatic carbocycles. The van der Waals surface area contributed by atoms with Crippen molar-refractivity contribution in [3.8, 4) is 11.5 Å². The first-order chi connectivity index (χ1) is 8.56. The molecule has 0 bridgehead atoms. The average Bonchev–Trinajstić information content (AvgIpc) is 2.78. The highest BCUT2D eigenvalue weighted by atomic mass is 19.1. The Labute approximate surface area is 102 Å². The van der Waals surface area contributed by atoms with Crippen LogP contribution in [-0.2, 0) is 4.79 Å². The predicted octanol–water partition coefficient (Wildman–Crippen LogP) is 2.28. The van der Waals surface area contributed by atoms with Crippen molar-refractivity contribution in [2.24, 2.45) is 0 Å². The Morgan fingerprint density at radius 1 is 1.44 bits per heavy atom. The Morgan fingerprint density at radius 3 is 2.94 bits per heavy atom. The van der Waals surface area contributed by atoms with E-state index >= 15 is 0 Å². The van der Waals surface area contributed by atoms with Crippen LogP contribution in [0.1, 0.15) is 11.5 Å². The van der Waals surface area contributed by atoms with Crippen LogP contribution < -0.4 is 0 Å². The van der Waals surface area contributed by atoms with E-state index in [0.717, 1.165) is 17.7 Å². The maximum absolute atomic E-state index is 13.5. The Balaban J connectivity index is 2.35. The van der Waals surface area contributed by atoms with Gasteiger partial charge in [-0.15, -0.1) is 10.2 Å². The molecular formula is C12H9FN2O3. The van der Waals surface area contributed by atoms with E-state index < -0.39 is 11.8 Å². The Morgan fingerprint density at radius 2 is 2.22 bits per heavy atom. The summed E-state index contributed by atoms with van der Waals surface area (Å²) in [7, 11) is 0. The van der Waals surface area contributed by atoms with Gasteiger partial charge in [-0.1, -0.05) is 11.6 Å². The van der Waals surface area contributed by atoms with E-state index in [1.807, 2.05) is 6.92 Å². The molecule has 0 saturated carbocycles. The topological polar surface area (TPSA) is 76.2 Å². The van der Waals surface area contributed by atoms with E-state index in [1.165, 1.54) is 6.07 Å². The summed E-state index contributed by atoms with van der Waals surface area (Å²) in [5, 5.41) is 15.7. The van der Waals surface area contributed by atoms with Crippen LogP contribution in [0.3, 0.4) is 0 Å². The molecule has 0 aliphatic rings. The third-order valence-electron chi connectivity index (χ3n) is 2.16. The normalized spacial score (nSPS) is 11.0. The smallest absolute Gasteiger partial charge is 0.328 e. The molecule has 18 heavy (non-hydrogen) atoms. The monoisotopic (exact) mass is 248 g/mol. The van der Waals surface area contributed by atoms with Crippen molar-refractivity contribution in [2.75, 3.05) is 0 Å². The lowest BCUT2D eigenvalue weighted by molar-refractivity contribution is -0.131. The van der Waals surface area contributed by atoms with Crippen molar-refractivity contribution >= 4 is 12.0 Å². The SMILES string of the molecule is Cc1ccc(F)c(-c2nnc(/C=C/C(=O)O)o2)c1. The van der Waals surface area contributed by atoms with E-state index in [9.17, 15) is 9.18 Å². The maximum Gasteiger partial charge on any atom is 0.328 e. The van der Waals surface area contributed by atoms with E-state index in [4.69, 9.17) is 9.52 Å². The van der Waals surface area contributed by atoms with Gasteiger partial charge >= 0.3 is 5.97 Å². The number of carbonyl (C=O) groups is 1. The largest absolute Gasteiger partial charge is 0.478 e. The zero-order chi connectivity index (χ0) is 13.1. The summed E-state index contributed by atoms with van der Waals surface area (Å²) in [5.74, 6) is -1.58. The molecule has 0 aliphatic heterocycles. The fourth-order valence-corrected chi connectivity index (χ4v) is 1.36. The number of carboxylic acids is 1. The van der Waals surface area contributed by atoms with Gasteiger partial charge in [0.1, 0.15) is 5.82 Å². The fraction of sp³-hybridized carbons (Fsp3) is 0.0833. The Kier molecular flexibility index (Phi) is 3.18. The molecule has 0 fully saturated rings. The maximum atomic E-state index is 13.5. The number of benzene rings is 1. The average molecular weight is 248 g/mol. The highest BCUT2D eigenvalue weighted by Crippen LogP contribution is 2.22. The highest BCUT2D eigenvalue weighted by molar-refractivity contribution is 5.84. The molecule has 0 unspecified atom stereocenters. The molecule has 5 nitrogen and oxygen atoms in total. The van der Waals surface area contributed by atoms with Gasteiger partial charge in [0.25, 0.3) is 5.89 Å². The van der Waals surface area contributed by atoms with Crippen LogP contribution in [-0.4, -0.2) is 21.3 Å². The van der Waals surface area contributed by atoms with Gasteiger partial charge in [-0.3, -0.25) is 0 Å². The molecule has 1 aromatic carbocycles. The van der Waals surface area contributed by atoms with Gasteiger partial charge in [0.15, 0.2) is 0 Å². The van der Waals surface area contributed by atoms with Crippen LogP contribution in [0.2, 0.25) is 0 Å². The minimum absolute atomic E-state index is 0.00769. The van der Waals surface area contributed by atoms with E-state index in [2.05, 4.69) is 10.2 Å². The summed E-state index contributed by atoms with van der Waals surface area (Å²) in [6.45, 7) is 1.81. The summed E-state index contributed by atoms with van der Waals surface area (Å²) < 4.78 is 18.7. The summed E-state index contributed by atoms with van der Waals surface area (Å²) >= 11 is 0. The van der Waals surface area contributed by atoms with Crippen LogP contribution in [0.15, 0.2) is 28.7 Å². The number of rotatable bonds is 3. The van der Waals surface area contributed by atoms with Crippen molar-refractivity contribution in [1.29, 1.82) is 0 Å². The number of aliphatic carboxylic acids is 1. The lowest BCUT2D eigenvalue weighted by Crippen LogP contribution is -1.85. The molecule has 6 heteroatoms. The predicted molar refractivity (Wildman–Crippen MR) is 61.1 cm³/mol. The second-order valence-electron chi connectivity index (χ2n) is 3.60. The van der Waals surface area contributed by atoms with E-state index in [0.29, 0.717) is 0 Å². The molecule has 2 rings (SSSR count). The molecule has 2 aromatic rings. The van der Waals surface area contributed by atoms with Crippen LogP contribution in [0.5, 0.6) is 0 Å².